The number of rotatable bonds is 5. The number of ether oxygens (including phenoxy) is 1. The number of carbonyl (C=O) groups excluding carboxylic acids is 1. The standard InChI is InChI=1S/C21H18N2O2/c1-16-4-2-6-20(14-16)25-19-10-8-18(9-11-19)23-21(24)12-7-17-5-3-13-22-15-17/h2-15H,1H3,(H,23,24)/b12-7+. The fraction of sp³-hybridized carbons (Fsp3) is 0.0476. The number of benzene rings is 2. The third kappa shape index (κ3) is 5.04. The summed E-state index contributed by atoms with van der Waals surface area (Å²) in [6.07, 6.45) is 6.59. The fourth-order valence-electron chi connectivity index (χ4n) is 2.25. The third-order valence-electron chi connectivity index (χ3n) is 3.46. The number of pyridine rings is 1. The number of amides is 1. The Bertz CT molecular complexity index is 872. The van der Waals surface area contributed by atoms with Gasteiger partial charge in [-0.1, -0.05) is 18.2 Å². The highest BCUT2D eigenvalue weighted by molar-refractivity contribution is 6.01. The van der Waals surface area contributed by atoms with E-state index >= 15 is 0 Å². The molecule has 124 valence electrons. The highest BCUT2D eigenvalue weighted by Crippen LogP contribution is 2.23. The Kier molecular flexibility index (Phi) is 5.22. The molecule has 0 aliphatic heterocycles. The third-order valence-corrected chi connectivity index (χ3v) is 3.46. The zero-order valence-corrected chi connectivity index (χ0v) is 13.8. The Morgan fingerprint density at radius 2 is 1.88 bits per heavy atom. The number of aryl methyl sites for hydroxylation is 1. The van der Waals surface area contributed by atoms with E-state index in [0.717, 1.165) is 22.6 Å². The van der Waals surface area contributed by atoms with Gasteiger partial charge in [0, 0.05) is 24.2 Å². The predicted molar refractivity (Wildman–Crippen MR) is 99.6 cm³/mol. The molecule has 0 aliphatic rings. The van der Waals surface area contributed by atoms with Gasteiger partial charge in [0.25, 0.3) is 0 Å². The summed E-state index contributed by atoms with van der Waals surface area (Å²) >= 11 is 0. The largest absolute Gasteiger partial charge is 0.457 e. The van der Waals surface area contributed by atoms with Crippen LogP contribution in [0.5, 0.6) is 11.5 Å². The van der Waals surface area contributed by atoms with Crippen molar-refractivity contribution in [2.45, 2.75) is 6.92 Å². The molecular weight excluding hydrogens is 312 g/mol. The summed E-state index contributed by atoms with van der Waals surface area (Å²) in [5.74, 6) is 1.31. The molecule has 3 rings (SSSR count). The van der Waals surface area contributed by atoms with Crippen molar-refractivity contribution >= 4 is 17.7 Å². The van der Waals surface area contributed by atoms with Crippen molar-refractivity contribution in [3.63, 3.8) is 0 Å². The van der Waals surface area contributed by atoms with Crippen molar-refractivity contribution in [1.82, 2.24) is 4.98 Å². The number of aromatic nitrogens is 1. The van der Waals surface area contributed by atoms with Crippen molar-refractivity contribution in [3.8, 4) is 11.5 Å². The van der Waals surface area contributed by atoms with E-state index in [-0.39, 0.29) is 5.91 Å². The molecule has 1 aromatic heterocycles. The first-order chi connectivity index (χ1) is 12.2. The summed E-state index contributed by atoms with van der Waals surface area (Å²) in [4.78, 5) is 15.9. The van der Waals surface area contributed by atoms with Crippen LogP contribution in [-0.2, 0) is 4.79 Å². The molecule has 4 nitrogen and oxygen atoms in total. The molecule has 1 amide bonds. The van der Waals surface area contributed by atoms with Crippen molar-refractivity contribution in [3.05, 3.63) is 90.3 Å². The van der Waals surface area contributed by atoms with Gasteiger partial charge in [-0.3, -0.25) is 9.78 Å². The molecular formula is C21H18N2O2. The molecule has 0 saturated heterocycles. The molecule has 0 radical (unpaired) electrons. The van der Waals surface area contributed by atoms with E-state index in [4.69, 9.17) is 4.74 Å². The van der Waals surface area contributed by atoms with Gasteiger partial charge >= 0.3 is 0 Å². The van der Waals surface area contributed by atoms with Crippen LogP contribution < -0.4 is 10.1 Å². The van der Waals surface area contributed by atoms with Crippen molar-refractivity contribution in [2.75, 3.05) is 5.32 Å². The molecule has 0 spiro atoms. The molecule has 1 N–H and O–H groups in total. The van der Waals surface area contributed by atoms with Gasteiger partial charge in [-0.05, 0) is 66.6 Å². The molecule has 25 heavy (non-hydrogen) atoms. The highest BCUT2D eigenvalue weighted by Gasteiger charge is 2.01. The maximum atomic E-state index is 11.9. The predicted octanol–water partition coefficient (Wildman–Crippen LogP) is 4.83. The van der Waals surface area contributed by atoms with Crippen molar-refractivity contribution in [2.24, 2.45) is 0 Å². The second-order valence-electron chi connectivity index (χ2n) is 5.55. The van der Waals surface area contributed by atoms with Crippen LogP contribution in [0.15, 0.2) is 79.1 Å². The first-order valence-corrected chi connectivity index (χ1v) is 7.93. The number of hydrogen-bond acceptors (Lipinski definition) is 3. The second kappa shape index (κ2) is 7.93. The molecule has 0 aliphatic carbocycles. The van der Waals surface area contributed by atoms with E-state index in [1.807, 2.05) is 55.5 Å². The zero-order valence-electron chi connectivity index (χ0n) is 13.8. The SMILES string of the molecule is Cc1cccc(Oc2ccc(NC(=O)/C=C/c3cccnc3)cc2)c1. The average molecular weight is 330 g/mol. The minimum Gasteiger partial charge on any atom is -0.457 e. The molecule has 4 heteroatoms. The Labute approximate surface area is 146 Å². The number of nitrogens with one attached hydrogen (secondary N) is 1. The van der Waals surface area contributed by atoms with Crippen molar-refractivity contribution < 1.29 is 9.53 Å². The minimum absolute atomic E-state index is 0.198. The van der Waals surface area contributed by atoms with E-state index < -0.39 is 0 Å². The molecule has 0 fully saturated rings. The molecule has 0 atom stereocenters. The van der Waals surface area contributed by atoms with Gasteiger partial charge in [0.05, 0.1) is 0 Å². The van der Waals surface area contributed by atoms with E-state index in [2.05, 4.69) is 10.3 Å². The van der Waals surface area contributed by atoms with Gasteiger partial charge in [-0.2, -0.15) is 0 Å². The van der Waals surface area contributed by atoms with Crippen molar-refractivity contribution in [1.29, 1.82) is 0 Å². The number of hydrogen-bond donors (Lipinski definition) is 1. The van der Waals surface area contributed by atoms with Gasteiger partial charge in [0.1, 0.15) is 11.5 Å². The Hall–Kier alpha value is -3.40. The molecule has 0 bridgehead atoms. The molecule has 0 unspecified atom stereocenters. The van der Waals surface area contributed by atoms with Crippen LogP contribution in [0.2, 0.25) is 0 Å². The summed E-state index contributed by atoms with van der Waals surface area (Å²) < 4.78 is 5.79. The van der Waals surface area contributed by atoms with Gasteiger partial charge in [-0.25, -0.2) is 0 Å². The quantitative estimate of drug-likeness (QED) is 0.681. The molecule has 2 aromatic carbocycles. The first kappa shape index (κ1) is 16.5. The van der Waals surface area contributed by atoms with E-state index in [1.165, 1.54) is 6.08 Å². The zero-order chi connectivity index (χ0) is 17.5. The summed E-state index contributed by atoms with van der Waals surface area (Å²) in [5.41, 5.74) is 2.72. The molecule has 3 aromatic rings. The maximum absolute atomic E-state index is 11.9. The number of anilines is 1. The van der Waals surface area contributed by atoms with E-state index in [1.54, 1.807) is 30.6 Å². The summed E-state index contributed by atoms with van der Waals surface area (Å²) in [6.45, 7) is 2.02. The summed E-state index contributed by atoms with van der Waals surface area (Å²) in [5, 5.41) is 2.81. The van der Waals surface area contributed by atoms with Crippen LogP contribution in [0.25, 0.3) is 6.08 Å². The van der Waals surface area contributed by atoms with Crippen LogP contribution in [0.3, 0.4) is 0 Å². The van der Waals surface area contributed by atoms with Crippen LogP contribution in [0.4, 0.5) is 5.69 Å². The molecule has 1 heterocycles. The van der Waals surface area contributed by atoms with Gasteiger partial charge in [0.2, 0.25) is 5.91 Å². The monoisotopic (exact) mass is 330 g/mol. The van der Waals surface area contributed by atoms with Gasteiger partial charge in [-0.15, -0.1) is 0 Å². The lowest BCUT2D eigenvalue weighted by Gasteiger charge is -2.07. The highest BCUT2D eigenvalue weighted by atomic mass is 16.5. The van der Waals surface area contributed by atoms with E-state index in [0.29, 0.717) is 5.69 Å². The fourth-order valence-corrected chi connectivity index (χ4v) is 2.25. The summed E-state index contributed by atoms with van der Waals surface area (Å²) in [7, 11) is 0. The van der Waals surface area contributed by atoms with E-state index in [9.17, 15) is 4.79 Å². The smallest absolute Gasteiger partial charge is 0.248 e. The first-order valence-electron chi connectivity index (χ1n) is 7.93. The summed E-state index contributed by atoms with van der Waals surface area (Å²) in [6, 6.07) is 18.8. The number of nitrogens with zero attached hydrogens (tertiary/aromatic N) is 1. The minimum atomic E-state index is -0.198. The topological polar surface area (TPSA) is 51.2 Å². The second-order valence-corrected chi connectivity index (χ2v) is 5.55. The van der Waals surface area contributed by atoms with Crippen LogP contribution >= 0.6 is 0 Å². The van der Waals surface area contributed by atoms with Gasteiger partial charge < -0.3 is 10.1 Å². The average Bonchev–Trinajstić information content (AvgIpc) is 2.63. The van der Waals surface area contributed by atoms with Crippen LogP contribution in [-0.4, -0.2) is 10.9 Å². The van der Waals surface area contributed by atoms with Crippen LogP contribution in [0.1, 0.15) is 11.1 Å². The number of carbonyl (C=O) groups is 1. The maximum Gasteiger partial charge on any atom is 0.248 e. The normalized spacial score (nSPS) is 10.6. The molecule has 0 saturated carbocycles. The Morgan fingerprint density at radius 1 is 1.04 bits per heavy atom. The lowest BCUT2D eigenvalue weighted by Crippen LogP contribution is -2.07. The van der Waals surface area contributed by atoms with Gasteiger partial charge in [0.15, 0.2) is 0 Å². The lowest BCUT2D eigenvalue weighted by atomic mass is 10.2. The Balaban J connectivity index is 1.59. The Morgan fingerprint density at radius 3 is 2.60 bits per heavy atom. The van der Waals surface area contributed by atoms with Crippen LogP contribution in [0, 0.1) is 6.92 Å². The lowest BCUT2D eigenvalue weighted by molar-refractivity contribution is -0.111.